The summed E-state index contributed by atoms with van der Waals surface area (Å²) in [4.78, 5) is 0. The monoisotopic (exact) mass is 156 g/mol. The molecule has 0 bridgehead atoms. The van der Waals surface area contributed by atoms with Gasteiger partial charge >= 0.3 is 0 Å². The molecular formula is C6H5OPS. The molecule has 0 aliphatic rings. The van der Waals surface area contributed by atoms with Gasteiger partial charge in [0.05, 0.1) is 0 Å². The van der Waals surface area contributed by atoms with Gasteiger partial charge in [-0.15, -0.1) is 0 Å². The van der Waals surface area contributed by atoms with Crippen molar-refractivity contribution in [2.45, 2.75) is 0 Å². The highest BCUT2D eigenvalue weighted by atomic mass is 32.4. The zero-order valence-corrected chi connectivity index (χ0v) is 6.32. The Morgan fingerprint density at radius 1 is 1.22 bits per heavy atom. The molecule has 0 saturated heterocycles. The molecule has 0 amide bonds. The molecule has 9 heavy (non-hydrogen) atoms. The van der Waals surface area contributed by atoms with E-state index in [2.05, 4.69) is 0 Å². The predicted molar refractivity (Wildman–Crippen MR) is 42.0 cm³/mol. The zero-order chi connectivity index (χ0) is 6.69. The Kier molecular flexibility index (Phi) is 2.15. The quantitative estimate of drug-likeness (QED) is 0.620. The zero-order valence-electron chi connectivity index (χ0n) is 4.61. The van der Waals surface area contributed by atoms with Crippen molar-refractivity contribution in [3.8, 4) is 5.75 Å². The number of phenolic OH excluding ortho intramolecular Hbond substituents is 1. The fourth-order valence-electron chi connectivity index (χ4n) is 0.513. The lowest BCUT2D eigenvalue weighted by molar-refractivity contribution is 0.475. The van der Waals surface area contributed by atoms with Gasteiger partial charge in [-0.3, -0.25) is 0 Å². The first-order valence-corrected chi connectivity index (χ1v) is 4.36. The van der Waals surface area contributed by atoms with Gasteiger partial charge in [0.1, 0.15) is 5.75 Å². The van der Waals surface area contributed by atoms with Gasteiger partial charge in [-0.25, -0.2) is 0 Å². The predicted octanol–water partition coefficient (Wildman–Crippen LogP) is 1.43. The van der Waals surface area contributed by atoms with Gasteiger partial charge in [-0.1, -0.05) is 11.8 Å². The Morgan fingerprint density at radius 3 is 2.22 bits per heavy atom. The van der Waals surface area contributed by atoms with Crippen LogP contribution in [0.5, 0.6) is 5.75 Å². The Morgan fingerprint density at radius 2 is 1.78 bits per heavy atom. The fourth-order valence-corrected chi connectivity index (χ4v) is 1.15. The van der Waals surface area contributed by atoms with Crippen molar-refractivity contribution in [3.63, 3.8) is 0 Å². The highest BCUT2D eigenvalue weighted by Gasteiger charge is 1.85. The van der Waals surface area contributed by atoms with Crippen LogP contribution in [-0.4, -0.2) is 5.11 Å². The smallest absolute Gasteiger partial charge is 0.115 e. The number of hydrogen-bond donors (Lipinski definition) is 1. The molecule has 1 aromatic carbocycles. The van der Waals surface area contributed by atoms with Crippen molar-refractivity contribution in [3.05, 3.63) is 24.3 Å². The minimum atomic E-state index is 0.289. The van der Waals surface area contributed by atoms with Gasteiger partial charge in [0.25, 0.3) is 0 Å². The number of phenols is 1. The van der Waals surface area contributed by atoms with Crippen LogP contribution >= 0.6 is 7.36 Å². The van der Waals surface area contributed by atoms with E-state index in [1.807, 2.05) is 12.1 Å². The summed E-state index contributed by atoms with van der Waals surface area (Å²) in [6.45, 7) is 0. The standard InChI is InChI=1S/C6H5OPS/c7-5-1-3-6(8-9)4-2-5/h1-4,7H. The summed E-state index contributed by atoms with van der Waals surface area (Å²) in [5, 5.41) is 9.86. The van der Waals surface area contributed by atoms with Crippen molar-refractivity contribution in [2.24, 2.45) is 0 Å². The lowest BCUT2D eigenvalue weighted by atomic mass is 10.3. The van der Waals surface area contributed by atoms with Crippen molar-refractivity contribution < 1.29 is 5.11 Å². The van der Waals surface area contributed by atoms with Gasteiger partial charge in [-0.05, 0) is 24.3 Å². The van der Waals surface area contributed by atoms with Crippen LogP contribution in [0.15, 0.2) is 24.3 Å². The molecule has 0 aliphatic heterocycles. The molecule has 0 aliphatic carbocycles. The maximum Gasteiger partial charge on any atom is 0.115 e. The third kappa shape index (κ3) is 1.74. The summed E-state index contributed by atoms with van der Waals surface area (Å²) in [5.41, 5.74) is 0. The van der Waals surface area contributed by atoms with Crippen LogP contribution in [0.4, 0.5) is 0 Å². The normalized spacial score (nSPS) is 9.78. The van der Waals surface area contributed by atoms with Crippen LogP contribution in [0.3, 0.4) is 0 Å². The van der Waals surface area contributed by atoms with Gasteiger partial charge in [0.2, 0.25) is 0 Å². The molecule has 0 fully saturated rings. The Hall–Kier alpha value is -0.460. The second kappa shape index (κ2) is 2.90. The summed E-state index contributed by atoms with van der Waals surface area (Å²) in [7, 11) is 0.824. The molecule has 46 valence electrons. The van der Waals surface area contributed by atoms with Gasteiger partial charge in [0, 0.05) is 12.7 Å². The van der Waals surface area contributed by atoms with Gasteiger partial charge in [-0.2, -0.15) is 0 Å². The minimum absolute atomic E-state index is 0.289. The minimum Gasteiger partial charge on any atom is -0.508 e. The second-order valence-corrected chi connectivity index (χ2v) is 2.85. The van der Waals surface area contributed by atoms with Gasteiger partial charge in [0.15, 0.2) is 0 Å². The molecule has 0 heterocycles. The highest BCUT2D eigenvalue weighted by molar-refractivity contribution is 7.99. The molecule has 1 aromatic rings. The van der Waals surface area contributed by atoms with Crippen LogP contribution in [0.2, 0.25) is 0 Å². The molecule has 0 radical (unpaired) electrons. The first-order valence-electron chi connectivity index (χ1n) is 2.45. The van der Waals surface area contributed by atoms with E-state index >= 15 is 0 Å². The lowest BCUT2D eigenvalue weighted by Crippen LogP contribution is -1.85. The van der Waals surface area contributed by atoms with Crippen LogP contribution < -0.4 is 5.30 Å². The van der Waals surface area contributed by atoms with E-state index in [0.29, 0.717) is 0 Å². The summed E-state index contributed by atoms with van der Waals surface area (Å²) >= 11 is 4.75. The molecule has 1 nitrogen and oxygen atoms in total. The first-order chi connectivity index (χ1) is 4.33. The van der Waals surface area contributed by atoms with Gasteiger partial charge < -0.3 is 5.11 Å². The number of benzene rings is 1. The number of hydrogen-bond acceptors (Lipinski definition) is 2. The molecule has 3 heteroatoms. The molecule has 0 aromatic heterocycles. The topological polar surface area (TPSA) is 20.2 Å². The van der Waals surface area contributed by atoms with E-state index < -0.39 is 0 Å². The summed E-state index contributed by atoms with van der Waals surface area (Å²) < 4.78 is 0. The largest absolute Gasteiger partial charge is 0.508 e. The van der Waals surface area contributed by atoms with Crippen LogP contribution in [-0.2, 0) is 11.8 Å². The maximum absolute atomic E-state index is 8.82. The van der Waals surface area contributed by atoms with E-state index in [0.717, 1.165) is 12.7 Å². The summed E-state index contributed by atoms with van der Waals surface area (Å²) in [5.74, 6) is 0.289. The molecular weight excluding hydrogens is 151 g/mol. The van der Waals surface area contributed by atoms with Crippen LogP contribution in [0.25, 0.3) is 0 Å². The fraction of sp³-hybridized carbons (Fsp3) is 0. The van der Waals surface area contributed by atoms with E-state index in [4.69, 9.17) is 16.9 Å². The number of rotatable bonds is 1. The van der Waals surface area contributed by atoms with Crippen LogP contribution in [0, 0.1) is 0 Å². The molecule has 0 saturated carbocycles. The molecule has 0 atom stereocenters. The van der Waals surface area contributed by atoms with E-state index in [-0.39, 0.29) is 5.75 Å². The average molecular weight is 156 g/mol. The third-order valence-electron chi connectivity index (χ3n) is 0.955. The van der Waals surface area contributed by atoms with E-state index in [1.54, 1.807) is 12.1 Å². The Balaban J connectivity index is 3.01. The first kappa shape index (κ1) is 6.66. The van der Waals surface area contributed by atoms with Crippen molar-refractivity contribution >= 4 is 24.5 Å². The summed E-state index contributed by atoms with van der Waals surface area (Å²) in [6.07, 6.45) is 0. The lowest BCUT2D eigenvalue weighted by Gasteiger charge is -1.89. The van der Waals surface area contributed by atoms with Crippen molar-refractivity contribution in [1.82, 2.24) is 0 Å². The van der Waals surface area contributed by atoms with Crippen LogP contribution in [0.1, 0.15) is 0 Å². The Bertz CT molecular complexity index is 207. The molecule has 0 spiro atoms. The SMILES string of the molecule is Oc1ccc(P=S)cc1. The van der Waals surface area contributed by atoms with Crippen molar-refractivity contribution in [1.29, 1.82) is 0 Å². The highest BCUT2D eigenvalue weighted by Crippen LogP contribution is 2.05. The van der Waals surface area contributed by atoms with E-state index in [1.165, 1.54) is 0 Å². The summed E-state index contributed by atoms with van der Waals surface area (Å²) in [6, 6.07) is 6.89. The third-order valence-corrected chi connectivity index (χ3v) is 2.10. The van der Waals surface area contributed by atoms with E-state index in [9.17, 15) is 0 Å². The Labute approximate surface area is 60.2 Å². The second-order valence-electron chi connectivity index (χ2n) is 1.61. The molecule has 0 unspecified atom stereocenters. The molecule has 1 N–H and O–H groups in total. The average Bonchev–Trinajstić information content (AvgIpc) is 1.90. The van der Waals surface area contributed by atoms with Crippen molar-refractivity contribution in [2.75, 3.05) is 0 Å². The molecule has 1 rings (SSSR count). The maximum atomic E-state index is 8.82. The number of aromatic hydroxyl groups is 1.